The number of aromatic nitrogens is 1. The summed E-state index contributed by atoms with van der Waals surface area (Å²) in [5.41, 5.74) is 4.06. The predicted molar refractivity (Wildman–Crippen MR) is 168 cm³/mol. The number of ether oxygens (including phenoxy) is 3. The first-order valence-corrected chi connectivity index (χ1v) is 15.2. The van der Waals surface area contributed by atoms with Crippen molar-refractivity contribution in [2.24, 2.45) is 4.99 Å². The van der Waals surface area contributed by atoms with Crippen LogP contribution in [-0.2, 0) is 16.1 Å². The number of methoxy groups -OCH3 is 1. The molecular weight excluding hydrogens is 640 g/mol. The summed E-state index contributed by atoms with van der Waals surface area (Å²) in [6.07, 6.45) is 1.78. The van der Waals surface area contributed by atoms with Crippen LogP contribution in [0.4, 0.5) is 0 Å². The fourth-order valence-corrected chi connectivity index (χ4v) is 6.55. The molecule has 0 bridgehead atoms. The minimum absolute atomic E-state index is 0.218. The van der Waals surface area contributed by atoms with Gasteiger partial charge < -0.3 is 14.2 Å². The Balaban J connectivity index is 1.58. The highest BCUT2D eigenvalue weighted by atomic mass is 79.9. The molecule has 0 aliphatic carbocycles. The number of aryl methyl sites for hydroxylation is 1. The summed E-state index contributed by atoms with van der Waals surface area (Å²) in [5, 5.41) is 0.616. The van der Waals surface area contributed by atoms with Crippen molar-refractivity contribution in [1.82, 2.24) is 4.57 Å². The molecule has 1 aliphatic heterocycles. The third-order valence-electron chi connectivity index (χ3n) is 6.79. The van der Waals surface area contributed by atoms with Gasteiger partial charge in [0.25, 0.3) is 5.56 Å². The van der Waals surface area contributed by atoms with Gasteiger partial charge in [-0.05, 0) is 72.1 Å². The van der Waals surface area contributed by atoms with Gasteiger partial charge in [-0.2, -0.15) is 0 Å². The van der Waals surface area contributed by atoms with Crippen LogP contribution in [0.1, 0.15) is 42.1 Å². The first kappa shape index (κ1) is 29.8. The van der Waals surface area contributed by atoms with Gasteiger partial charge in [0, 0.05) is 10.6 Å². The Morgan fingerprint density at radius 3 is 2.57 bits per heavy atom. The summed E-state index contributed by atoms with van der Waals surface area (Å²) < 4.78 is 19.8. The van der Waals surface area contributed by atoms with Crippen molar-refractivity contribution in [1.29, 1.82) is 0 Å². The quantitative estimate of drug-likeness (QED) is 0.212. The van der Waals surface area contributed by atoms with E-state index in [9.17, 15) is 9.59 Å². The normalized spacial score (nSPS) is 14.8. The highest BCUT2D eigenvalue weighted by Gasteiger charge is 2.33. The van der Waals surface area contributed by atoms with Gasteiger partial charge >= 0.3 is 5.97 Å². The number of fused-ring (bicyclic) bond motifs is 1. The summed E-state index contributed by atoms with van der Waals surface area (Å²) >= 11 is 11.1. The Kier molecular flexibility index (Phi) is 9.01. The van der Waals surface area contributed by atoms with Gasteiger partial charge in [0.05, 0.1) is 40.0 Å². The number of thiazole rings is 1. The molecule has 1 unspecified atom stereocenters. The number of carbonyl (C=O) groups excluding carboxylic acids is 1. The van der Waals surface area contributed by atoms with Gasteiger partial charge in [-0.3, -0.25) is 9.36 Å². The van der Waals surface area contributed by atoms with E-state index in [1.54, 1.807) is 37.7 Å². The Morgan fingerprint density at radius 2 is 1.88 bits per heavy atom. The maximum absolute atomic E-state index is 13.9. The van der Waals surface area contributed by atoms with E-state index in [-0.39, 0.29) is 18.8 Å². The van der Waals surface area contributed by atoms with Gasteiger partial charge in [0.15, 0.2) is 16.3 Å². The van der Waals surface area contributed by atoms with Gasteiger partial charge in [0.1, 0.15) is 6.61 Å². The molecule has 0 saturated carbocycles. The van der Waals surface area contributed by atoms with Crippen LogP contribution in [0.15, 0.2) is 86.2 Å². The number of benzene rings is 3. The van der Waals surface area contributed by atoms with E-state index in [2.05, 4.69) is 20.9 Å². The van der Waals surface area contributed by atoms with Crippen molar-refractivity contribution in [2.45, 2.75) is 33.4 Å². The highest BCUT2D eigenvalue weighted by Crippen LogP contribution is 2.38. The summed E-state index contributed by atoms with van der Waals surface area (Å²) in [6, 6.07) is 18.3. The lowest BCUT2D eigenvalue weighted by Crippen LogP contribution is -2.39. The summed E-state index contributed by atoms with van der Waals surface area (Å²) in [4.78, 5) is 32.2. The maximum atomic E-state index is 13.9. The number of hydrogen-bond acceptors (Lipinski definition) is 7. The minimum Gasteiger partial charge on any atom is -0.493 e. The standard InChI is InChI=1S/C32H28BrClN2O5S/c1-5-40-31(38)27-19(3)35-32-36(28(27)21-12-10-18(2)11-13-21)30(37)26(42-32)16-20-14-23(33)29(25(15-20)39-4)41-17-22-8-6-7-9-24(22)34/h6-16,28H,5,17H2,1-4H3/b26-16-. The van der Waals surface area contributed by atoms with Crippen molar-refractivity contribution in [3.8, 4) is 11.5 Å². The lowest BCUT2D eigenvalue weighted by molar-refractivity contribution is -0.139. The summed E-state index contributed by atoms with van der Waals surface area (Å²) in [7, 11) is 1.56. The van der Waals surface area contributed by atoms with Crippen LogP contribution in [-0.4, -0.2) is 24.3 Å². The third-order valence-corrected chi connectivity index (χ3v) is 8.73. The molecule has 5 rings (SSSR count). The van der Waals surface area contributed by atoms with Gasteiger partial charge in [-0.15, -0.1) is 0 Å². The van der Waals surface area contributed by atoms with E-state index in [1.165, 1.54) is 11.3 Å². The summed E-state index contributed by atoms with van der Waals surface area (Å²) in [6.45, 7) is 5.99. The first-order chi connectivity index (χ1) is 20.2. The van der Waals surface area contributed by atoms with Gasteiger partial charge in [0.2, 0.25) is 0 Å². The molecule has 0 fully saturated rings. The van der Waals surface area contributed by atoms with Crippen LogP contribution in [0.3, 0.4) is 0 Å². The summed E-state index contributed by atoms with van der Waals surface area (Å²) in [5.74, 6) is 0.526. The van der Waals surface area contributed by atoms with E-state index in [4.69, 9.17) is 25.8 Å². The molecule has 1 aliphatic rings. The molecule has 0 amide bonds. The van der Waals surface area contributed by atoms with Crippen molar-refractivity contribution < 1.29 is 19.0 Å². The molecule has 0 saturated heterocycles. The topological polar surface area (TPSA) is 79.1 Å². The fourth-order valence-electron chi connectivity index (χ4n) is 4.74. The zero-order valence-electron chi connectivity index (χ0n) is 23.4. The Labute approximate surface area is 260 Å². The van der Waals surface area contributed by atoms with E-state index in [0.29, 0.717) is 41.6 Å². The lowest BCUT2D eigenvalue weighted by atomic mass is 9.95. The number of rotatable bonds is 8. The zero-order valence-corrected chi connectivity index (χ0v) is 26.6. The molecule has 0 N–H and O–H groups in total. The molecular formula is C32H28BrClN2O5S. The van der Waals surface area contributed by atoms with Crippen molar-refractivity contribution in [2.75, 3.05) is 13.7 Å². The first-order valence-electron chi connectivity index (χ1n) is 13.2. The largest absolute Gasteiger partial charge is 0.493 e. The Morgan fingerprint density at radius 1 is 1.14 bits per heavy atom. The van der Waals surface area contributed by atoms with E-state index < -0.39 is 12.0 Å². The van der Waals surface area contributed by atoms with Gasteiger partial charge in [-0.25, -0.2) is 9.79 Å². The SMILES string of the molecule is CCOC(=O)C1=C(C)N=c2s/c(=C\c3cc(Br)c(OCc4ccccc4Cl)c(OC)c3)c(=O)n2C1c1ccc(C)cc1. The predicted octanol–water partition coefficient (Wildman–Crippen LogP) is 6.11. The molecule has 4 aromatic rings. The lowest BCUT2D eigenvalue weighted by Gasteiger charge is -2.24. The molecule has 1 atom stereocenters. The number of hydrogen-bond donors (Lipinski definition) is 0. The Bertz CT molecular complexity index is 1880. The monoisotopic (exact) mass is 666 g/mol. The van der Waals surface area contributed by atoms with E-state index in [0.717, 1.165) is 22.3 Å². The Hall–Kier alpha value is -3.66. The molecule has 7 nitrogen and oxygen atoms in total. The van der Waals surface area contributed by atoms with Crippen LogP contribution in [0, 0.1) is 6.92 Å². The molecule has 1 aromatic heterocycles. The molecule has 0 radical (unpaired) electrons. The average molecular weight is 668 g/mol. The number of allylic oxidation sites excluding steroid dienone is 1. The van der Waals surface area contributed by atoms with Crippen molar-refractivity contribution >= 4 is 50.9 Å². The molecule has 0 spiro atoms. The van der Waals surface area contributed by atoms with E-state index in [1.807, 2.05) is 61.5 Å². The van der Waals surface area contributed by atoms with E-state index >= 15 is 0 Å². The van der Waals surface area contributed by atoms with Crippen molar-refractivity contribution in [3.63, 3.8) is 0 Å². The van der Waals surface area contributed by atoms with Crippen LogP contribution < -0.4 is 24.4 Å². The number of nitrogens with zero attached hydrogens (tertiary/aromatic N) is 2. The molecule has 2 heterocycles. The molecule has 42 heavy (non-hydrogen) atoms. The molecule has 216 valence electrons. The van der Waals surface area contributed by atoms with Crippen molar-refractivity contribution in [3.05, 3.63) is 123 Å². The number of esters is 1. The zero-order chi connectivity index (χ0) is 30.0. The number of carbonyl (C=O) groups is 1. The average Bonchev–Trinajstić information content (AvgIpc) is 3.26. The van der Waals surface area contributed by atoms with Crippen LogP contribution >= 0.6 is 38.9 Å². The number of halogens is 2. The third kappa shape index (κ3) is 5.95. The van der Waals surface area contributed by atoms with Crippen LogP contribution in [0.5, 0.6) is 11.5 Å². The second kappa shape index (κ2) is 12.7. The second-order valence-corrected chi connectivity index (χ2v) is 11.9. The molecule has 10 heteroatoms. The van der Waals surface area contributed by atoms with Gasteiger partial charge in [-0.1, -0.05) is 71.0 Å². The maximum Gasteiger partial charge on any atom is 0.338 e. The molecule has 3 aromatic carbocycles. The van der Waals surface area contributed by atoms with Crippen LogP contribution in [0.25, 0.3) is 6.08 Å². The second-order valence-electron chi connectivity index (χ2n) is 9.63. The minimum atomic E-state index is -0.662. The smallest absolute Gasteiger partial charge is 0.338 e. The highest BCUT2D eigenvalue weighted by molar-refractivity contribution is 9.10. The fraction of sp³-hybridized carbons (Fsp3) is 0.219. The van der Waals surface area contributed by atoms with Crippen LogP contribution in [0.2, 0.25) is 5.02 Å².